The van der Waals surface area contributed by atoms with Gasteiger partial charge in [0, 0.05) is 20.9 Å². The van der Waals surface area contributed by atoms with E-state index < -0.39 is 5.97 Å². The van der Waals surface area contributed by atoms with E-state index in [1.165, 1.54) is 14.2 Å². The maximum absolute atomic E-state index is 11.6. The van der Waals surface area contributed by atoms with Gasteiger partial charge in [-0.3, -0.25) is 0 Å². The summed E-state index contributed by atoms with van der Waals surface area (Å²) in [6, 6.07) is 28.5. The average molecular weight is 753 g/mol. The van der Waals surface area contributed by atoms with Crippen molar-refractivity contribution in [2.75, 3.05) is 14.2 Å². The fraction of sp³-hybridized carbons (Fsp3) is 0.0714. The smallest absolute Gasteiger partial charge is 0.341 e. The minimum absolute atomic E-state index is 0. The number of carbonyl (C=O) groups excluding carboxylic acids is 2. The highest BCUT2D eigenvalue weighted by atomic mass is 127. The van der Waals surface area contributed by atoms with Crippen LogP contribution in [0.25, 0.3) is 0 Å². The summed E-state index contributed by atoms with van der Waals surface area (Å²) in [4.78, 5) is 22.6. The second-order valence-corrected chi connectivity index (χ2v) is 9.99. The Kier molecular flexibility index (Phi) is 15.4. The van der Waals surface area contributed by atoms with Gasteiger partial charge in [-0.1, -0.05) is 56.1 Å². The van der Waals surface area contributed by atoms with Crippen molar-refractivity contribution in [1.29, 1.82) is 0 Å². The molecule has 0 amide bonds. The van der Waals surface area contributed by atoms with Crippen molar-refractivity contribution >= 4 is 74.8 Å². The van der Waals surface area contributed by atoms with Crippen molar-refractivity contribution in [3.63, 3.8) is 0 Å². The zero-order valence-corrected chi connectivity index (χ0v) is 25.8. The van der Waals surface area contributed by atoms with E-state index in [4.69, 9.17) is 14.6 Å². The molecule has 0 saturated carbocycles. The lowest BCUT2D eigenvalue weighted by Crippen LogP contribution is -2.03. The van der Waals surface area contributed by atoms with Crippen molar-refractivity contribution in [3.05, 3.63) is 121 Å². The van der Waals surface area contributed by atoms with Crippen molar-refractivity contribution in [2.45, 2.75) is 0 Å². The molecule has 0 aromatic heterocycles. The molecule has 6 nitrogen and oxygen atoms in total. The Morgan fingerprint density at radius 3 is 1.63 bits per heavy atom. The molecule has 38 heavy (non-hydrogen) atoms. The van der Waals surface area contributed by atoms with Gasteiger partial charge in [0.15, 0.2) is 0 Å². The second-order valence-electron chi connectivity index (χ2n) is 6.99. The minimum atomic E-state index is -0.414. The lowest BCUT2D eigenvalue weighted by Gasteiger charge is -2.09. The molecule has 4 aromatic carbocycles. The van der Waals surface area contributed by atoms with Crippen LogP contribution < -0.4 is 4.74 Å². The summed E-state index contributed by atoms with van der Waals surface area (Å²) < 4.78 is 17.8. The van der Waals surface area contributed by atoms with Crippen molar-refractivity contribution < 1.29 is 28.9 Å². The number of phenols is 1. The van der Waals surface area contributed by atoms with Gasteiger partial charge in [-0.25, -0.2) is 9.59 Å². The third kappa shape index (κ3) is 11.3. The molecular weight excluding hydrogens is 730 g/mol. The van der Waals surface area contributed by atoms with Crippen LogP contribution in [0.5, 0.6) is 17.2 Å². The fourth-order valence-electron chi connectivity index (χ4n) is 2.64. The van der Waals surface area contributed by atoms with Crippen LogP contribution in [0.2, 0.25) is 0 Å². The fourth-order valence-corrected chi connectivity index (χ4v) is 3.78. The predicted octanol–water partition coefficient (Wildman–Crippen LogP) is 7.88. The van der Waals surface area contributed by atoms with Crippen LogP contribution in [0, 0.1) is 3.57 Å². The maximum Gasteiger partial charge on any atom is 0.341 e. The van der Waals surface area contributed by atoms with E-state index in [1.54, 1.807) is 54.6 Å². The molecule has 0 heterocycles. The third-order valence-corrected chi connectivity index (χ3v) is 6.44. The number of benzene rings is 4. The first kappa shape index (κ1) is 33.2. The molecule has 0 saturated heterocycles. The van der Waals surface area contributed by atoms with Gasteiger partial charge in [0.2, 0.25) is 0 Å². The number of ether oxygens (including phenoxy) is 3. The van der Waals surface area contributed by atoms with Crippen LogP contribution in [0.1, 0.15) is 20.7 Å². The molecule has 4 aromatic rings. The van der Waals surface area contributed by atoms with Crippen LogP contribution in [0.3, 0.4) is 0 Å². The summed E-state index contributed by atoms with van der Waals surface area (Å²) in [5.41, 5.74) is 1.03. The molecule has 0 atom stereocenters. The van der Waals surface area contributed by atoms with E-state index in [0.717, 1.165) is 12.5 Å². The lowest BCUT2D eigenvalue weighted by atomic mass is 10.2. The molecule has 10 heteroatoms. The molecule has 0 aliphatic heterocycles. The predicted molar refractivity (Wildman–Crippen MR) is 164 cm³/mol. The molecule has 0 unspecified atom stereocenters. The number of hydrogen-bond donors (Lipinski definition) is 1. The van der Waals surface area contributed by atoms with Gasteiger partial charge in [0.05, 0.1) is 19.8 Å². The van der Waals surface area contributed by atoms with Gasteiger partial charge >= 0.3 is 11.9 Å². The van der Waals surface area contributed by atoms with Crippen LogP contribution in [0.4, 0.5) is 0 Å². The van der Waals surface area contributed by atoms with Gasteiger partial charge in [-0.2, -0.15) is 0 Å². The van der Waals surface area contributed by atoms with Gasteiger partial charge in [0.1, 0.15) is 22.8 Å². The Morgan fingerprint density at radius 2 is 1.13 bits per heavy atom. The molecule has 0 spiro atoms. The van der Waals surface area contributed by atoms with Crippen molar-refractivity contribution in [2.24, 2.45) is 0 Å². The normalized spacial score (nSPS) is 9.29. The summed E-state index contributed by atoms with van der Waals surface area (Å²) in [5, 5.41) is 8.74. The Bertz CT molecular complexity index is 1280. The molecule has 0 bridgehead atoms. The third-order valence-electron chi connectivity index (χ3n) is 4.44. The standard InChI is InChI=1S/C14H11BrO3.C8H7IO2.C6H5BrO.B/c1-17-14(16)12-4-2-3-5-13(12)18-11-8-6-10(15)7-9-11;1-11-8(10)6-4-2-3-5-7(6)9;7-5-1-3-6(8)4-2-5;/h2-9H,1H3;2-5H,1H3;1-4,8H;. The van der Waals surface area contributed by atoms with Gasteiger partial charge in [0.25, 0.3) is 0 Å². The van der Waals surface area contributed by atoms with E-state index >= 15 is 0 Å². The van der Waals surface area contributed by atoms with Crippen molar-refractivity contribution in [3.8, 4) is 17.2 Å². The van der Waals surface area contributed by atoms with Crippen LogP contribution in [-0.2, 0) is 9.47 Å². The number of methoxy groups -OCH3 is 2. The molecular formula is C28H23BBr2IO6. The lowest BCUT2D eigenvalue weighted by molar-refractivity contribution is 0.0589. The van der Waals surface area contributed by atoms with Crippen molar-refractivity contribution in [1.82, 2.24) is 0 Å². The maximum atomic E-state index is 11.6. The number of aromatic hydroxyl groups is 1. The SMILES string of the molecule is COC(=O)c1ccccc1I.COC(=O)c1ccccc1Oc1ccc(Br)cc1.Oc1ccc(Br)cc1.[B]. The quantitative estimate of drug-likeness (QED) is 0.130. The van der Waals surface area contributed by atoms with Crippen LogP contribution in [0.15, 0.2) is 106 Å². The topological polar surface area (TPSA) is 82.1 Å². The highest BCUT2D eigenvalue weighted by Gasteiger charge is 2.12. The zero-order chi connectivity index (χ0) is 27.2. The van der Waals surface area contributed by atoms with Gasteiger partial charge < -0.3 is 19.3 Å². The zero-order valence-electron chi connectivity index (χ0n) is 20.4. The summed E-state index contributed by atoms with van der Waals surface area (Å²) >= 11 is 8.68. The Morgan fingerprint density at radius 1 is 0.684 bits per heavy atom. The Hall–Kier alpha value is -2.83. The average Bonchev–Trinajstić information content (AvgIpc) is 2.92. The Balaban J connectivity index is 0.000000309. The number of para-hydroxylation sites is 1. The van der Waals surface area contributed by atoms with Crippen LogP contribution >= 0.6 is 54.5 Å². The monoisotopic (exact) mass is 751 g/mol. The van der Waals surface area contributed by atoms with Gasteiger partial charge in [-0.05, 0) is 95.4 Å². The van der Waals surface area contributed by atoms with E-state index in [-0.39, 0.29) is 14.4 Å². The Labute approximate surface area is 254 Å². The molecule has 4 rings (SSSR count). The number of halogens is 3. The highest BCUT2D eigenvalue weighted by Crippen LogP contribution is 2.26. The number of phenolic OH excluding ortho intramolecular Hbond substituents is 1. The van der Waals surface area contributed by atoms with E-state index in [0.29, 0.717) is 28.4 Å². The number of hydrogen-bond acceptors (Lipinski definition) is 6. The number of carbonyl (C=O) groups is 2. The second kappa shape index (κ2) is 17.6. The summed E-state index contributed by atoms with van der Waals surface area (Å²) in [6.45, 7) is 0. The van der Waals surface area contributed by atoms with E-state index in [2.05, 4.69) is 59.2 Å². The number of esters is 2. The molecule has 0 aliphatic carbocycles. The largest absolute Gasteiger partial charge is 0.508 e. The first-order chi connectivity index (χ1) is 17.7. The minimum Gasteiger partial charge on any atom is -0.508 e. The summed E-state index contributed by atoms with van der Waals surface area (Å²) in [5.74, 6) is 0.743. The molecule has 0 fully saturated rings. The van der Waals surface area contributed by atoms with E-state index in [9.17, 15) is 9.59 Å². The highest BCUT2D eigenvalue weighted by molar-refractivity contribution is 14.1. The molecule has 0 aliphatic rings. The van der Waals surface area contributed by atoms with Crippen LogP contribution in [-0.4, -0.2) is 39.7 Å². The summed E-state index contributed by atoms with van der Waals surface area (Å²) in [6.07, 6.45) is 0. The molecule has 195 valence electrons. The first-order valence-corrected chi connectivity index (χ1v) is 13.3. The summed E-state index contributed by atoms with van der Waals surface area (Å²) in [7, 11) is 2.73. The van der Waals surface area contributed by atoms with Gasteiger partial charge in [-0.15, -0.1) is 0 Å². The van der Waals surface area contributed by atoms with E-state index in [1.807, 2.05) is 42.5 Å². The first-order valence-electron chi connectivity index (χ1n) is 10.6. The number of rotatable bonds is 4. The molecule has 3 radical (unpaired) electrons. The molecule has 1 N–H and O–H groups in total.